The Labute approximate surface area is 127 Å². The lowest BCUT2D eigenvalue weighted by molar-refractivity contribution is 0.130. The van der Waals surface area contributed by atoms with Gasteiger partial charge in [-0.05, 0) is 17.7 Å². The summed E-state index contributed by atoms with van der Waals surface area (Å²) >= 11 is 5.83. The molecule has 1 aromatic heterocycles. The summed E-state index contributed by atoms with van der Waals surface area (Å²) < 4.78 is 10.6. The average Bonchev–Trinajstić information content (AvgIpc) is 2.51. The molecular weight excluding hydrogens is 294 g/mol. The number of hydrogen-bond acceptors (Lipinski definition) is 5. The zero-order valence-electron chi connectivity index (χ0n) is 11.6. The molecule has 0 bridgehead atoms. The first-order chi connectivity index (χ1) is 10.2. The molecule has 0 aliphatic rings. The van der Waals surface area contributed by atoms with Gasteiger partial charge in [0, 0.05) is 6.54 Å². The topological polar surface area (TPSA) is 76.2 Å². The summed E-state index contributed by atoms with van der Waals surface area (Å²) in [4.78, 5) is 11.2. The number of ether oxygens (including phenoxy) is 2. The molecule has 2 aromatic rings. The molecule has 0 saturated carbocycles. The first-order valence-corrected chi connectivity index (χ1v) is 6.76. The van der Waals surface area contributed by atoms with Crippen LogP contribution in [0.4, 0.5) is 5.69 Å². The highest BCUT2D eigenvalue weighted by Gasteiger charge is 2.03. The van der Waals surface area contributed by atoms with Crippen LogP contribution in [0.5, 0.6) is 5.75 Å². The van der Waals surface area contributed by atoms with Crippen LogP contribution in [0, 0.1) is 0 Å². The maximum atomic E-state index is 11.2. The molecule has 1 heterocycles. The van der Waals surface area contributed by atoms with Crippen LogP contribution in [0.1, 0.15) is 5.56 Å². The molecule has 0 aliphatic carbocycles. The van der Waals surface area contributed by atoms with Crippen molar-refractivity contribution >= 4 is 17.3 Å². The van der Waals surface area contributed by atoms with E-state index in [9.17, 15) is 4.79 Å². The Balaban J connectivity index is 1.72. The number of nitrogens with one attached hydrogen (secondary N) is 2. The van der Waals surface area contributed by atoms with E-state index in [1.807, 2.05) is 24.3 Å². The van der Waals surface area contributed by atoms with Crippen molar-refractivity contribution in [2.45, 2.75) is 6.61 Å². The van der Waals surface area contributed by atoms with Gasteiger partial charge in [0.25, 0.3) is 5.56 Å². The molecule has 0 amide bonds. The average molecular weight is 310 g/mol. The number of H-pyrrole nitrogens is 1. The summed E-state index contributed by atoms with van der Waals surface area (Å²) in [6.07, 6.45) is 1.47. The largest absolute Gasteiger partial charge is 0.497 e. The van der Waals surface area contributed by atoms with E-state index in [-0.39, 0.29) is 5.02 Å². The van der Waals surface area contributed by atoms with E-state index in [4.69, 9.17) is 21.1 Å². The molecule has 0 saturated heterocycles. The Kier molecular flexibility index (Phi) is 5.59. The molecule has 2 N–H and O–H groups in total. The van der Waals surface area contributed by atoms with Crippen LogP contribution < -0.4 is 15.6 Å². The number of aromatic amines is 1. The molecule has 112 valence electrons. The summed E-state index contributed by atoms with van der Waals surface area (Å²) in [6, 6.07) is 7.67. The van der Waals surface area contributed by atoms with E-state index in [0.717, 1.165) is 11.3 Å². The van der Waals surface area contributed by atoms with Gasteiger partial charge in [0.05, 0.1) is 32.2 Å². The Morgan fingerprint density at radius 2 is 2.10 bits per heavy atom. The molecule has 0 unspecified atom stereocenters. The Bertz CT molecular complexity index is 628. The number of halogens is 1. The van der Waals surface area contributed by atoms with Crippen LogP contribution in [0.2, 0.25) is 5.02 Å². The number of rotatable bonds is 7. The smallest absolute Gasteiger partial charge is 0.285 e. The van der Waals surface area contributed by atoms with Crippen molar-refractivity contribution in [3.63, 3.8) is 0 Å². The van der Waals surface area contributed by atoms with Crippen molar-refractivity contribution < 1.29 is 9.47 Å². The maximum Gasteiger partial charge on any atom is 0.285 e. The molecule has 0 fully saturated rings. The predicted octanol–water partition coefficient (Wildman–Crippen LogP) is 2.06. The van der Waals surface area contributed by atoms with Crippen LogP contribution in [0.3, 0.4) is 0 Å². The van der Waals surface area contributed by atoms with Crippen molar-refractivity contribution in [3.8, 4) is 5.75 Å². The minimum Gasteiger partial charge on any atom is -0.497 e. The third-order valence-electron chi connectivity index (χ3n) is 2.79. The lowest BCUT2D eigenvalue weighted by atomic mass is 10.2. The fourth-order valence-electron chi connectivity index (χ4n) is 1.68. The van der Waals surface area contributed by atoms with E-state index < -0.39 is 5.56 Å². The second kappa shape index (κ2) is 7.66. The molecule has 0 radical (unpaired) electrons. The van der Waals surface area contributed by atoms with E-state index in [0.29, 0.717) is 25.4 Å². The fourth-order valence-corrected chi connectivity index (χ4v) is 1.83. The van der Waals surface area contributed by atoms with Crippen LogP contribution in [0.15, 0.2) is 35.3 Å². The molecule has 7 heteroatoms. The summed E-state index contributed by atoms with van der Waals surface area (Å²) in [5.41, 5.74) is 1.14. The summed E-state index contributed by atoms with van der Waals surface area (Å²) in [5, 5.41) is 9.02. The zero-order chi connectivity index (χ0) is 15.1. The molecular formula is C14H16ClN3O3. The lowest BCUT2D eigenvalue weighted by Crippen LogP contribution is -2.15. The van der Waals surface area contributed by atoms with Crippen molar-refractivity contribution in [3.05, 3.63) is 51.4 Å². The lowest BCUT2D eigenvalue weighted by Gasteiger charge is -2.08. The van der Waals surface area contributed by atoms with Crippen molar-refractivity contribution in [1.29, 1.82) is 0 Å². The summed E-state index contributed by atoms with van der Waals surface area (Å²) in [7, 11) is 1.63. The van der Waals surface area contributed by atoms with Crippen LogP contribution in [-0.4, -0.2) is 30.5 Å². The van der Waals surface area contributed by atoms with Gasteiger partial charge in [-0.25, -0.2) is 5.10 Å². The van der Waals surface area contributed by atoms with E-state index in [1.165, 1.54) is 6.20 Å². The number of hydrogen-bond donors (Lipinski definition) is 2. The third kappa shape index (κ3) is 4.47. The molecule has 0 spiro atoms. The molecule has 1 aromatic carbocycles. The third-order valence-corrected chi connectivity index (χ3v) is 3.16. The van der Waals surface area contributed by atoms with Crippen molar-refractivity contribution in [2.75, 3.05) is 25.6 Å². The highest BCUT2D eigenvalue weighted by atomic mass is 35.5. The zero-order valence-corrected chi connectivity index (χ0v) is 12.3. The second-order valence-corrected chi connectivity index (χ2v) is 4.63. The van der Waals surface area contributed by atoms with Gasteiger partial charge in [-0.3, -0.25) is 4.79 Å². The molecule has 6 nitrogen and oxygen atoms in total. The molecule has 21 heavy (non-hydrogen) atoms. The highest BCUT2D eigenvalue weighted by Crippen LogP contribution is 2.14. The Hall–Kier alpha value is -2.05. The van der Waals surface area contributed by atoms with Crippen LogP contribution in [-0.2, 0) is 11.3 Å². The van der Waals surface area contributed by atoms with Gasteiger partial charge in [0.1, 0.15) is 10.8 Å². The summed E-state index contributed by atoms with van der Waals surface area (Å²) in [6.45, 7) is 1.52. The van der Waals surface area contributed by atoms with E-state index in [2.05, 4.69) is 15.5 Å². The number of aromatic nitrogens is 2. The van der Waals surface area contributed by atoms with Gasteiger partial charge in [-0.2, -0.15) is 5.10 Å². The van der Waals surface area contributed by atoms with Gasteiger partial charge in [-0.15, -0.1) is 0 Å². The van der Waals surface area contributed by atoms with Crippen molar-refractivity contribution in [2.24, 2.45) is 0 Å². The maximum absolute atomic E-state index is 11.2. The minimum atomic E-state index is -0.416. The minimum absolute atomic E-state index is 0.0974. The first kappa shape index (κ1) is 15.3. The van der Waals surface area contributed by atoms with Crippen LogP contribution in [0.25, 0.3) is 0 Å². The van der Waals surface area contributed by atoms with Gasteiger partial charge in [0.2, 0.25) is 0 Å². The number of methoxy groups -OCH3 is 1. The van der Waals surface area contributed by atoms with Crippen molar-refractivity contribution in [1.82, 2.24) is 10.2 Å². The van der Waals surface area contributed by atoms with Gasteiger partial charge >= 0.3 is 0 Å². The first-order valence-electron chi connectivity index (χ1n) is 6.38. The van der Waals surface area contributed by atoms with Gasteiger partial charge in [0.15, 0.2) is 0 Å². The normalized spacial score (nSPS) is 10.4. The highest BCUT2D eigenvalue weighted by molar-refractivity contribution is 6.32. The van der Waals surface area contributed by atoms with E-state index >= 15 is 0 Å². The molecule has 0 aliphatic heterocycles. The quantitative estimate of drug-likeness (QED) is 0.766. The number of anilines is 1. The fraction of sp³-hybridized carbons (Fsp3) is 0.286. The van der Waals surface area contributed by atoms with Gasteiger partial charge < -0.3 is 14.8 Å². The Morgan fingerprint density at radius 3 is 2.81 bits per heavy atom. The number of benzene rings is 1. The second-order valence-electron chi connectivity index (χ2n) is 4.25. The van der Waals surface area contributed by atoms with Crippen LogP contribution >= 0.6 is 11.6 Å². The predicted molar refractivity (Wildman–Crippen MR) is 81.0 cm³/mol. The Morgan fingerprint density at radius 1 is 1.33 bits per heavy atom. The SMILES string of the molecule is COc1ccc(COCCNc2cn[nH]c(=O)c2Cl)cc1. The van der Waals surface area contributed by atoms with E-state index in [1.54, 1.807) is 7.11 Å². The summed E-state index contributed by atoms with van der Waals surface area (Å²) in [5.74, 6) is 0.817. The molecule has 2 rings (SSSR count). The molecule has 0 atom stereocenters. The number of nitrogens with zero attached hydrogens (tertiary/aromatic N) is 1. The van der Waals surface area contributed by atoms with Gasteiger partial charge in [-0.1, -0.05) is 23.7 Å². The monoisotopic (exact) mass is 309 g/mol. The standard InChI is InChI=1S/C14H16ClN3O3/c1-20-11-4-2-10(3-5-11)9-21-7-6-16-12-8-17-18-14(19)13(12)15/h2-5,8H,6-7,9H2,1H3,(H2,16,18,19).